The van der Waals surface area contributed by atoms with Gasteiger partial charge >= 0.3 is 5.69 Å². The van der Waals surface area contributed by atoms with Crippen molar-refractivity contribution in [2.24, 2.45) is 0 Å². The molecule has 7 nitrogen and oxygen atoms in total. The average Bonchev–Trinajstić information content (AvgIpc) is 3.16. The quantitative estimate of drug-likeness (QED) is 0.387. The van der Waals surface area contributed by atoms with Crippen molar-refractivity contribution in [3.63, 3.8) is 0 Å². The predicted octanol–water partition coefficient (Wildman–Crippen LogP) is 3.43. The SMILES string of the molecule is Cc1cccc(-c2nn(-c3ccccc3)cc2/C=C/C(=O)c2c(C)[nH]c(=O)[nH]c2=O)c1. The number of hydrogen-bond donors (Lipinski definition) is 2. The molecule has 0 fully saturated rings. The molecule has 0 radical (unpaired) electrons. The van der Waals surface area contributed by atoms with Crippen LogP contribution in [0.25, 0.3) is 23.0 Å². The Labute approximate surface area is 177 Å². The minimum Gasteiger partial charge on any atom is -0.311 e. The summed E-state index contributed by atoms with van der Waals surface area (Å²) in [6.45, 7) is 3.52. The summed E-state index contributed by atoms with van der Waals surface area (Å²) in [5.74, 6) is -0.502. The third-order valence-electron chi connectivity index (χ3n) is 4.85. The largest absolute Gasteiger partial charge is 0.325 e. The molecule has 0 saturated heterocycles. The molecule has 4 rings (SSSR count). The first kappa shape index (κ1) is 20.0. The molecule has 0 bridgehead atoms. The summed E-state index contributed by atoms with van der Waals surface area (Å²) in [4.78, 5) is 40.7. The highest BCUT2D eigenvalue weighted by atomic mass is 16.2. The van der Waals surface area contributed by atoms with Gasteiger partial charge < -0.3 is 4.98 Å². The van der Waals surface area contributed by atoms with Crippen LogP contribution in [0.4, 0.5) is 0 Å². The van der Waals surface area contributed by atoms with Crippen LogP contribution in [0, 0.1) is 13.8 Å². The second kappa shape index (κ2) is 8.23. The lowest BCUT2D eigenvalue weighted by Crippen LogP contribution is -2.29. The Hall–Kier alpha value is -4.26. The van der Waals surface area contributed by atoms with Crippen LogP contribution in [0.1, 0.15) is 27.2 Å². The Kier molecular flexibility index (Phi) is 5.32. The number of nitrogens with zero attached hydrogens (tertiary/aromatic N) is 2. The van der Waals surface area contributed by atoms with Crippen LogP contribution in [-0.4, -0.2) is 25.5 Å². The van der Waals surface area contributed by atoms with Crippen molar-refractivity contribution in [1.29, 1.82) is 0 Å². The van der Waals surface area contributed by atoms with Crippen molar-refractivity contribution >= 4 is 11.9 Å². The molecular weight excluding hydrogens is 392 g/mol. The molecule has 31 heavy (non-hydrogen) atoms. The van der Waals surface area contributed by atoms with E-state index < -0.39 is 17.0 Å². The van der Waals surface area contributed by atoms with Gasteiger partial charge in [0, 0.05) is 23.0 Å². The second-order valence-corrected chi connectivity index (χ2v) is 7.19. The van der Waals surface area contributed by atoms with Crippen molar-refractivity contribution in [3.8, 4) is 16.9 Å². The van der Waals surface area contributed by atoms with Crippen molar-refractivity contribution in [1.82, 2.24) is 19.7 Å². The van der Waals surface area contributed by atoms with Crippen LogP contribution in [-0.2, 0) is 0 Å². The van der Waals surface area contributed by atoms with Crippen LogP contribution in [0.15, 0.2) is 76.5 Å². The highest BCUT2D eigenvalue weighted by molar-refractivity contribution is 6.07. The second-order valence-electron chi connectivity index (χ2n) is 7.19. The summed E-state index contributed by atoms with van der Waals surface area (Å²) in [7, 11) is 0. The van der Waals surface area contributed by atoms with E-state index in [4.69, 9.17) is 5.10 Å². The first-order valence-electron chi connectivity index (χ1n) is 9.70. The van der Waals surface area contributed by atoms with Gasteiger partial charge in [-0.2, -0.15) is 5.10 Å². The molecule has 4 aromatic rings. The third kappa shape index (κ3) is 4.20. The predicted molar refractivity (Wildman–Crippen MR) is 120 cm³/mol. The maximum Gasteiger partial charge on any atom is 0.325 e. The van der Waals surface area contributed by atoms with Crippen LogP contribution in [0.5, 0.6) is 0 Å². The zero-order chi connectivity index (χ0) is 22.0. The number of carbonyl (C=O) groups excluding carboxylic acids is 1. The molecule has 2 aromatic carbocycles. The van der Waals surface area contributed by atoms with E-state index in [0.29, 0.717) is 5.69 Å². The number of aromatic nitrogens is 4. The number of para-hydroxylation sites is 1. The number of ketones is 1. The number of hydrogen-bond acceptors (Lipinski definition) is 4. The fourth-order valence-corrected chi connectivity index (χ4v) is 3.38. The van der Waals surface area contributed by atoms with Crippen LogP contribution in [0.3, 0.4) is 0 Å². The molecule has 0 aliphatic heterocycles. The molecule has 0 atom stereocenters. The molecule has 0 unspecified atom stereocenters. The van der Waals surface area contributed by atoms with Crippen LogP contribution in [0.2, 0.25) is 0 Å². The lowest BCUT2D eigenvalue weighted by Gasteiger charge is -2.02. The number of H-pyrrole nitrogens is 2. The van der Waals surface area contributed by atoms with Crippen molar-refractivity contribution in [2.45, 2.75) is 13.8 Å². The number of allylic oxidation sites excluding steroid dienone is 1. The normalized spacial score (nSPS) is 11.2. The van der Waals surface area contributed by atoms with Gasteiger partial charge in [0.15, 0.2) is 5.78 Å². The summed E-state index contributed by atoms with van der Waals surface area (Å²) < 4.78 is 1.75. The summed E-state index contributed by atoms with van der Waals surface area (Å²) in [6, 6.07) is 17.6. The number of aryl methyl sites for hydroxylation is 2. The summed E-state index contributed by atoms with van der Waals surface area (Å²) in [6.07, 6.45) is 4.79. The monoisotopic (exact) mass is 412 g/mol. The number of carbonyl (C=O) groups is 1. The summed E-state index contributed by atoms with van der Waals surface area (Å²) in [5, 5.41) is 4.73. The Bertz CT molecular complexity index is 1410. The molecule has 0 saturated carbocycles. The molecule has 0 amide bonds. The first-order chi connectivity index (χ1) is 14.9. The topological polar surface area (TPSA) is 101 Å². The van der Waals surface area contributed by atoms with Gasteiger partial charge in [0.25, 0.3) is 5.56 Å². The highest BCUT2D eigenvalue weighted by Gasteiger charge is 2.14. The van der Waals surface area contributed by atoms with Gasteiger partial charge in [-0.3, -0.25) is 14.6 Å². The van der Waals surface area contributed by atoms with E-state index in [-0.39, 0.29) is 11.3 Å². The Morgan fingerprint density at radius 3 is 2.48 bits per heavy atom. The Balaban J connectivity index is 1.78. The van der Waals surface area contributed by atoms with E-state index in [0.717, 1.165) is 22.4 Å². The van der Waals surface area contributed by atoms with E-state index in [1.807, 2.05) is 67.7 Å². The van der Waals surface area contributed by atoms with E-state index >= 15 is 0 Å². The Morgan fingerprint density at radius 1 is 1.00 bits per heavy atom. The number of rotatable bonds is 5. The van der Waals surface area contributed by atoms with Crippen LogP contribution >= 0.6 is 0 Å². The lowest BCUT2D eigenvalue weighted by molar-refractivity contribution is 0.104. The van der Waals surface area contributed by atoms with Gasteiger partial charge in [-0.15, -0.1) is 0 Å². The van der Waals surface area contributed by atoms with Crippen molar-refractivity contribution in [2.75, 3.05) is 0 Å². The fourth-order valence-electron chi connectivity index (χ4n) is 3.38. The maximum atomic E-state index is 12.7. The van der Waals surface area contributed by atoms with E-state index in [1.165, 1.54) is 13.0 Å². The van der Waals surface area contributed by atoms with Gasteiger partial charge in [-0.1, -0.05) is 42.0 Å². The lowest BCUT2D eigenvalue weighted by atomic mass is 10.0. The van der Waals surface area contributed by atoms with Gasteiger partial charge in [-0.05, 0) is 44.2 Å². The van der Waals surface area contributed by atoms with E-state index in [1.54, 1.807) is 10.8 Å². The molecule has 0 aliphatic rings. The third-order valence-corrected chi connectivity index (χ3v) is 4.85. The van der Waals surface area contributed by atoms with E-state index in [9.17, 15) is 14.4 Å². The first-order valence-corrected chi connectivity index (χ1v) is 9.70. The Morgan fingerprint density at radius 2 is 1.77 bits per heavy atom. The van der Waals surface area contributed by atoms with Gasteiger partial charge in [-0.25, -0.2) is 9.48 Å². The smallest absolute Gasteiger partial charge is 0.311 e. The molecule has 2 heterocycles. The zero-order valence-corrected chi connectivity index (χ0v) is 17.0. The molecule has 0 aliphatic carbocycles. The zero-order valence-electron chi connectivity index (χ0n) is 17.0. The summed E-state index contributed by atoms with van der Waals surface area (Å²) in [5.41, 5.74) is 3.10. The minimum atomic E-state index is -0.713. The molecule has 154 valence electrons. The standard InChI is InChI=1S/C24H20N4O3/c1-15-7-6-8-17(13-15)22-18(14-28(27-22)19-9-4-3-5-10-19)11-12-20(29)21-16(2)25-24(31)26-23(21)30/h3-14H,1-2H3,(H2,25,26,30,31)/b12-11+. The van der Waals surface area contributed by atoms with E-state index in [2.05, 4.69) is 9.97 Å². The molecule has 2 aromatic heterocycles. The highest BCUT2D eigenvalue weighted by Crippen LogP contribution is 2.25. The molecule has 2 N–H and O–H groups in total. The minimum absolute atomic E-state index is 0.0941. The maximum absolute atomic E-state index is 12.7. The summed E-state index contributed by atoms with van der Waals surface area (Å²) >= 11 is 0. The average molecular weight is 412 g/mol. The van der Waals surface area contributed by atoms with Crippen molar-refractivity contribution in [3.05, 3.63) is 110 Å². The van der Waals surface area contributed by atoms with Gasteiger partial charge in [0.2, 0.25) is 0 Å². The molecule has 7 heteroatoms. The molecule has 0 spiro atoms. The van der Waals surface area contributed by atoms with Gasteiger partial charge in [0.1, 0.15) is 5.56 Å². The molecular formula is C24H20N4O3. The number of benzene rings is 2. The number of aromatic amines is 2. The van der Waals surface area contributed by atoms with Crippen LogP contribution < -0.4 is 11.2 Å². The van der Waals surface area contributed by atoms with Gasteiger partial charge in [0.05, 0.1) is 11.4 Å². The number of nitrogens with one attached hydrogen (secondary N) is 2. The fraction of sp³-hybridized carbons (Fsp3) is 0.0833. The van der Waals surface area contributed by atoms with Crippen molar-refractivity contribution < 1.29 is 4.79 Å².